The molecule has 29 heavy (non-hydrogen) atoms. The first-order valence-corrected chi connectivity index (χ1v) is 9.70. The quantitative estimate of drug-likeness (QED) is 0.666. The molecule has 0 bridgehead atoms. The van der Waals surface area contributed by atoms with Crippen molar-refractivity contribution in [1.29, 1.82) is 0 Å². The molecular formula is C22H25ClN2O4. The Bertz CT molecular complexity index is 894. The highest BCUT2D eigenvalue weighted by Crippen LogP contribution is 2.27. The molecule has 0 unspecified atom stereocenters. The van der Waals surface area contributed by atoms with Gasteiger partial charge in [-0.2, -0.15) is 0 Å². The normalized spacial score (nSPS) is 11.7. The molecule has 2 aromatic carbocycles. The van der Waals surface area contributed by atoms with Crippen LogP contribution in [0.15, 0.2) is 42.5 Å². The van der Waals surface area contributed by atoms with Crippen LogP contribution in [-0.4, -0.2) is 30.4 Å². The van der Waals surface area contributed by atoms with Crippen molar-refractivity contribution in [2.75, 3.05) is 11.9 Å². The van der Waals surface area contributed by atoms with E-state index < -0.39 is 23.9 Å². The molecule has 6 nitrogen and oxygen atoms in total. The molecule has 2 aromatic rings. The van der Waals surface area contributed by atoms with Crippen LogP contribution in [0.4, 0.5) is 5.69 Å². The van der Waals surface area contributed by atoms with Gasteiger partial charge in [0.05, 0.1) is 0 Å². The second kappa shape index (κ2) is 10.1. The Morgan fingerprint density at radius 2 is 1.69 bits per heavy atom. The molecule has 0 aliphatic carbocycles. The average Bonchev–Trinajstić information content (AvgIpc) is 2.67. The van der Waals surface area contributed by atoms with Crippen molar-refractivity contribution in [3.63, 3.8) is 0 Å². The van der Waals surface area contributed by atoms with E-state index in [1.54, 1.807) is 24.3 Å². The van der Waals surface area contributed by atoms with Gasteiger partial charge in [0, 0.05) is 16.3 Å². The van der Waals surface area contributed by atoms with Gasteiger partial charge in [-0.1, -0.05) is 43.6 Å². The monoisotopic (exact) mass is 416 g/mol. The number of para-hydroxylation sites is 1. The molecule has 0 saturated heterocycles. The van der Waals surface area contributed by atoms with Gasteiger partial charge < -0.3 is 15.4 Å². The topological polar surface area (TPSA) is 84.5 Å². The van der Waals surface area contributed by atoms with Crippen molar-refractivity contribution in [1.82, 2.24) is 5.32 Å². The van der Waals surface area contributed by atoms with Gasteiger partial charge in [-0.15, -0.1) is 0 Å². The molecule has 0 aliphatic rings. The fraction of sp³-hybridized carbons (Fsp3) is 0.318. The van der Waals surface area contributed by atoms with E-state index in [-0.39, 0.29) is 12.5 Å². The van der Waals surface area contributed by atoms with Crippen molar-refractivity contribution < 1.29 is 19.1 Å². The number of ether oxygens (including phenoxy) is 1. The Kier molecular flexibility index (Phi) is 7.79. The largest absolute Gasteiger partial charge is 0.451 e. The summed E-state index contributed by atoms with van der Waals surface area (Å²) >= 11 is 5.78. The summed E-state index contributed by atoms with van der Waals surface area (Å²) in [5, 5.41) is 5.81. The minimum atomic E-state index is -1.01. The van der Waals surface area contributed by atoms with E-state index in [0.717, 1.165) is 16.8 Å². The number of carbonyl (C=O) groups is 3. The Balaban J connectivity index is 1.90. The number of benzene rings is 2. The number of hydrogen-bond donors (Lipinski definition) is 2. The average molecular weight is 417 g/mol. The van der Waals surface area contributed by atoms with Crippen LogP contribution in [0.2, 0.25) is 5.02 Å². The molecule has 2 amide bonds. The third-order valence-corrected chi connectivity index (χ3v) is 4.60. The SMILES string of the molecule is Cc1cccc(C(C)C)c1NC(=O)[C@@H](C)OC(=O)CNC(=O)c1ccc(Cl)cc1. The Hall–Kier alpha value is -2.86. The summed E-state index contributed by atoms with van der Waals surface area (Å²) in [4.78, 5) is 36.5. The molecule has 2 rings (SSSR count). The minimum absolute atomic E-state index is 0.228. The maximum Gasteiger partial charge on any atom is 0.326 e. The van der Waals surface area contributed by atoms with Crippen LogP contribution in [-0.2, 0) is 14.3 Å². The van der Waals surface area contributed by atoms with E-state index in [1.165, 1.54) is 6.92 Å². The van der Waals surface area contributed by atoms with Gasteiger partial charge in [0.2, 0.25) is 0 Å². The van der Waals surface area contributed by atoms with E-state index in [0.29, 0.717) is 10.6 Å². The van der Waals surface area contributed by atoms with Gasteiger partial charge in [-0.3, -0.25) is 14.4 Å². The summed E-state index contributed by atoms with van der Waals surface area (Å²) in [5.74, 6) is -1.34. The molecule has 0 fully saturated rings. The van der Waals surface area contributed by atoms with Crippen LogP contribution in [0.1, 0.15) is 48.2 Å². The number of carbonyl (C=O) groups excluding carboxylic acids is 3. The summed E-state index contributed by atoms with van der Waals surface area (Å²) < 4.78 is 5.14. The molecule has 0 heterocycles. The Morgan fingerprint density at radius 3 is 2.31 bits per heavy atom. The highest BCUT2D eigenvalue weighted by Gasteiger charge is 2.20. The lowest BCUT2D eigenvalue weighted by Crippen LogP contribution is -2.36. The van der Waals surface area contributed by atoms with Crippen molar-refractivity contribution in [3.05, 3.63) is 64.2 Å². The van der Waals surface area contributed by atoms with E-state index in [1.807, 2.05) is 39.0 Å². The summed E-state index contributed by atoms with van der Waals surface area (Å²) in [6.07, 6.45) is -1.01. The molecule has 0 spiro atoms. The minimum Gasteiger partial charge on any atom is -0.451 e. The molecule has 0 aliphatic heterocycles. The number of esters is 1. The van der Waals surface area contributed by atoms with Gasteiger partial charge in [-0.05, 0) is 55.2 Å². The zero-order chi connectivity index (χ0) is 21.6. The molecule has 0 saturated carbocycles. The summed E-state index contributed by atoms with van der Waals surface area (Å²) in [6, 6.07) is 12.1. The summed E-state index contributed by atoms with van der Waals surface area (Å²) in [6.45, 7) is 7.13. The second-order valence-electron chi connectivity index (χ2n) is 7.00. The van der Waals surface area contributed by atoms with Gasteiger partial charge in [-0.25, -0.2) is 0 Å². The van der Waals surface area contributed by atoms with Crippen LogP contribution in [0.3, 0.4) is 0 Å². The van der Waals surface area contributed by atoms with Crippen molar-refractivity contribution in [2.45, 2.75) is 39.7 Å². The van der Waals surface area contributed by atoms with Gasteiger partial charge in [0.1, 0.15) is 6.54 Å². The molecule has 1 atom stereocenters. The fourth-order valence-corrected chi connectivity index (χ4v) is 2.84. The first kappa shape index (κ1) is 22.4. The first-order valence-electron chi connectivity index (χ1n) is 9.32. The van der Waals surface area contributed by atoms with Gasteiger partial charge in [0.15, 0.2) is 6.10 Å². The number of anilines is 1. The number of aryl methyl sites for hydroxylation is 1. The van der Waals surface area contributed by atoms with Crippen LogP contribution in [0.5, 0.6) is 0 Å². The lowest BCUT2D eigenvalue weighted by atomic mass is 9.98. The van der Waals surface area contributed by atoms with Crippen LogP contribution >= 0.6 is 11.6 Å². The van der Waals surface area contributed by atoms with Crippen molar-refractivity contribution >= 4 is 35.1 Å². The van der Waals surface area contributed by atoms with Gasteiger partial charge >= 0.3 is 5.97 Å². The van der Waals surface area contributed by atoms with Crippen LogP contribution < -0.4 is 10.6 Å². The van der Waals surface area contributed by atoms with Crippen molar-refractivity contribution in [2.24, 2.45) is 0 Å². The molecule has 0 aromatic heterocycles. The molecule has 7 heteroatoms. The molecule has 0 radical (unpaired) electrons. The number of rotatable bonds is 7. The Morgan fingerprint density at radius 1 is 1.03 bits per heavy atom. The molecule has 2 N–H and O–H groups in total. The van der Waals surface area contributed by atoms with E-state index in [2.05, 4.69) is 10.6 Å². The standard InChI is InChI=1S/C22H25ClN2O4/c1-13(2)18-7-5-6-14(3)20(18)25-21(27)15(4)29-19(26)12-24-22(28)16-8-10-17(23)11-9-16/h5-11,13,15H,12H2,1-4H3,(H,24,28)(H,25,27)/t15-/m1/s1. The first-order chi connectivity index (χ1) is 13.7. The lowest BCUT2D eigenvalue weighted by Gasteiger charge is -2.19. The lowest BCUT2D eigenvalue weighted by molar-refractivity contribution is -0.152. The van der Waals surface area contributed by atoms with E-state index >= 15 is 0 Å². The Labute approximate surface area is 175 Å². The summed E-state index contributed by atoms with van der Waals surface area (Å²) in [7, 11) is 0. The number of nitrogens with one attached hydrogen (secondary N) is 2. The predicted octanol–water partition coefficient (Wildman–Crippen LogP) is 4.07. The maximum absolute atomic E-state index is 12.5. The fourth-order valence-electron chi connectivity index (χ4n) is 2.72. The third kappa shape index (κ3) is 6.32. The van der Waals surface area contributed by atoms with Crippen molar-refractivity contribution in [3.8, 4) is 0 Å². The molecule has 154 valence electrons. The zero-order valence-electron chi connectivity index (χ0n) is 16.9. The number of amides is 2. The number of hydrogen-bond acceptors (Lipinski definition) is 4. The van der Waals surface area contributed by atoms with E-state index in [4.69, 9.17) is 16.3 Å². The zero-order valence-corrected chi connectivity index (χ0v) is 17.7. The van der Waals surface area contributed by atoms with E-state index in [9.17, 15) is 14.4 Å². The third-order valence-electron chi connectivity index (χ3n) is 4.35. The second-order valence-corrected chi connectivity index (χ2v) is 7.44. The summed E-state index contributed by atoms with van der Waals surface area (Å²) in [5.41, 5.74) is 3.03. The number of halogens is 1. The highest BCUT2D eigenvalue weighted by atomic mass is 35.5. The molecular weight excluding hydrogens is 392 g/mol. The van der Waals surface area contributed by atoms with Crippen LogP contribution in [0.25, 0.3) is 0 Å². The highest BCUT2D eigenvalue weighted by molar-refractivity contribution is 6.30. The van der Waals surface area contributed by atoms with Gasteiger partial charge in [0.25, 0.3) is 11.8 Å². The van der Waals surface area contributed by atoms with Crippen LogP contribution in [0, 0.1) is 6.92 Å². The predicted molar refractivity (Wildman–Crippen MR) is 113 cm³/mol. The maximum atomic E-state index is 12.5. The smallest absolute Gasteiger partial charge is 0.326 e.